The quantitative estimate of drug-likeness (QED) is 0.828. The van der Waals surface area contributed by atoms with Crippen LogP contribution >= 0.6 is 11.8 Å². The Morgan fingerprint density at radius 2 is 1.90 bits per heavy atom. The predicted molar refractivity (Wildman–Crippen MR) is 83.8 cm³/mol. The molecular weight excluding hydrogens is 266 g/mol. The van der Waals surface area contributed by atoms with E-state index in [1.165, 1.54) is 10.5 Å². The minimum Gasteiger partial charge on any atom is -0.326 e. The van der Waals surface area contributed by atoms with Gasteiger partial charge in [0.05, 0.1) is 0 Å². The molecular formula is C17H17NOS. The van der Waals surface area contributed by atoms with E-state index in [0.29, 0.717) is 0 Å². The van der Waals surface area contributed by atoms with E-state index >= 15 is 0 Å². The van der Waals surface area contributed by atoms with E-state index in [-0.39, 0.29) is 11.8 Å². The average molecular weight is 283 g/mol. The van der Waals surface area contributed by atoms with Crippen molar-refractivity contribution >= 4 is 23.4 Å². The van der Waals surface area contributed by atoms with Gasteiger partial charge in [-0.25, -0.2) is 0 Å². The Balaban J connectivity index is 1.60. The van der Waals surface area contributed by atoms with E-state index in [1.807, 2.05) is 24.3 Å². The lowest BCUT2D eigenvalue weighted by Crippen LogP contribution is -2.13. The van der Waals surface area contributed by atoms with Crippen LogP contribution < -0.4 is 5.32 Å². The number of rotatable bonds is 5. The largest absolute Gasteiger partial charge is 0.326 e. The molecule has 1 saturated carbocycles. The third-order valence-electron chi connectivity index (χ3n) is 3.30. The molecule has 0 radical (unpaired) electrons. The Morgan fingerprint density at radius 3 is 2.65 bits per heavy atom. The second-order valence-electron chi connectivity index (χ2n) is 5.07. The van der Waals surface area contributed by atoms with Gasteiger partial charge in [0.2, 0.25) is 5.91 Å². The van der Waals surface area contributed by atoms with E-state index in [2.05, 4.69) is 35.6 Å². The van der Waals surface area contributed by atoms with Gasteiger partial charge in [0, 0.05) is 22.3 Å². The number of amides is 1. The number of thioether (sulfide) groups is 1. The van der Waals surface area contributed by atoms with Gasteiger partial charge in [-0.3, -0.25) is 4.79 Å². The lowest BCUT2D eigenvalue weighted by molar-refractivity contribution is -0.117. The summed E-state index contributed by atoms with van der Waals surface area (Å²) >= 11 is 1.79. The number of carbonyl (C=O) groups excluding carboxylic acids is 1. The average Bonchev–Trinajstić information content (AvgIpc) is 3.31. The molecule has 2 nitrogen and oxygen atoms in total. The summed E-state index contributed by atoms with van der Waals surface area (Å²) in [6, 6.07) is 18.5. The molecule has 0 aromatic heterocycles. The molecule has 2 aromatic carbocycles. The van der Waals surface area contributed by atoms with Crippen LogP contribution in [0.1, 0.15) is 18.4 Å². The molecule has 0 heterocycles. The number of hydrogen-bond acceptors (Lipinski definition) is 2. The lowest BCUT2D eigenvalue weighted by Gasteiger charge is -2.07. The van der Waals surface area contributed by atoms with Crippen molar-refractivity contribution in [2.75, 3.05) is 5.32 Å². The highest BCUT2D eigenvalue weighted by Gasteiger charge is 2.29. The molecule has 1 fully saturated rings. The summed E-state index contributed by atoms with van der Waals surface area (Å²) in [5, 5.41) is 2.99. The van der Waals surface area contributed by atoms with Crippen LogP contribution in [0.15, 0.2) is 59.5 Å². The summed E-state index contributed by atoms with van der Waals surface area (Å²) in [6.45, 7) is 0. The molecule has 102 valence electrons. The van der Waals surface area contributed by atoms with Gasteiger partial charge in [-0.15, -0.1) is 11.8 Å². The van der Waals surface area contributed by atoms with Crippen LogP contribution in [0.5, 0.6) is 0 Å². The summed E-state index contributed by atoms with van der Waals surface area (Å²) in [5.41, 5.74) is 2.21. The molecule has 20 heavy (non-hydrogen) atoms. The van der Waals surface area contributed by atoms with Crippen molar-refractivity contribution < 1.29 is 4.79 Å². The first-order valence-corrected chi connectivity index (χ1v) is 7.87. The highest BCUT2D eigenvalue weighted by atomic mass is 32.2. The molecule has 0 aliphatic heterocycles. The molecule has 1 amide bonds. The van der Waals surface area contributed by atoms with Gasteiger partial charge in [0.15, 0.2) is 0 Å². The summed E-state index contributed by atoms with van der Waals surface area (Å²) in [4.78, 5) is 12.9. The molecule has 0 spiro atoms. The maximum atomic E-state index is 11.7. The molecule has 0 atom stereocenters. The smallest absolute Gasteiger partial charge is 0.227 e. The normalized spacial score (nSPS) is 14.0. The number of anilines is 1. The van der Waals surface area contributed by atoms with Gasteiger partial charge in [-0.2, -0.15) is 0 Å². The Morgan fingerprint density at radius 1 is 1.10 bits per heavy atom. The van der Waals surface area contributed by atoms with Gasteiger partial charge in [-0.05, 0) is 36.6 Å². The van der Waals surface area contributed by atoms with Crippen LogP contribution in [0.4, 0.5) is 5.69 Å². The summed E-state index contributed by atoms with van der Waals surface area (Å²) in [5.74, 6) is 1.35. The highest BCUT2D eigenvalue weighted by Crippen LogP contribution is 2.31. The zero-order valence-corrected chi connectivity index (χ0v) is 12.0. The highest BCUT2D eigenvalue weighted by molar-refractivity contribution is 7.98. The summed E-state index contributed by atoms with van der Waals surface area (Å²) in [7, 11) is 0. The molecule has 0 unspecified atom stereocenters. The Bertz CT molecular complexity index is 593. The van der Waals surface area contributed by atoms with Crippen LogP contribution in [0, 0.1) is 5.92 Å². The standard InChI is InChI=1S/C17H17NOS/c19-17(14-9-10-14)18-15-7-4-8-16(11-15)20-12-13-5-2-1-3-6-13/h1-8,11,14H,9-10,12H2,(H,18,19). The van der Waals surface area contributed by atoms with Crippen molar-refractivity contribution in [3.8, 4) is 0 Å². The SMILES string of the molecule is O=C(Nc1cccc(SCc2ccccc2)c1)C1CC1. The topological polar surface area (TPSA) is 29.1 Å². The Hall–Kier alpha value is -1.74. The molecule has 3 heteroatoms. The fourth-order valence-corrected chi connectivity index (χ4v) is 2.91. The maximum absolute atomic E-state index is 11.7. The summed E-state index contributed by atoms with van der Waals surface area (Å²) in [6.07, 6.45) is 2.07. The number of hydrogen-bond donors (Lipinski definition) is 1. The fourth-order valence-electron chi connectivity index (χ4n) is 1.99. The van der Waals surface area contributed by atoms with E-state index < -0.39 is 0 Å². The molecule has 2 aromatic rings. The van der Waals surface area contributed by atoms with E-state index in [0.717, 1.165) is 24.3 Å². The Labute approximate surface area is 123 Å². The first-order chi connectivity index (χ1) is 9.81. The van der Waals surface area contributed by atoms with Crippen molar-refractivity contribution in [1.82, 2.24) is 0 Å². The van der Waals surface area contributed by atoms with Crippen LogP contribution in [-0.2, 0) is 10.5 Å². The van der Waals surface area contributed by atoms with Gasteiger partial charge in [0.1, 0.15) is 0 Å². The predicted octanol–water partition coefficient (Wildman–Crippen LogP) is 4.33. The number of nitrogens with one attached hydrogen (secondary N) is 1. The van der Waals surface area contributed by atoms with Crippen LogP contribution in [0.2, 0.25) is 0 Å². The van der Waals surface area contributed by atoms with Crippen LogP contribution in [0.25, 0.3) is 0 Å². The number of carbonyl (C=O) groups is 1. The van der Waals surface area contributed by atoms with Crippen molar-refractivity contribution in [2.24, 2.45) is 5.92 Å². The summed E-state index contributed by atoms with van der Waals surface area (Å²) < 4.78 is 0. The number of benzene rings is 2. The van der Waals surface area contributed by atoms with Crippen LogP contribution in [0.3, 0.4) is 0 Å². The van der Waals surface area contributed by atoms with Gasteiger partial charge in [0.25, 0.3) is 0 Å². The third kappa shape index (κ3) is 3.64. The maximum Gasteiger partial charge on any atom is 0.227 e. The van der Waals surface area contributed by atoms with Crippen molar-refractivity contribution in [1.29, 1.82) is 0 Å². The van der Waals surface area contributed by atoms with Gasteiger partial charge >= 0.3 is 0 Å². The van der Waals surface area contributed by atoms with Crippen molar-refractivity contribution in [2.45, 2.75) is 23.5 Å². The Kier molecular flexibility index (Phi) is 4.07. The molecule has 3 rings (SSSR count). The molecule has 0 bridgehead atoms. The van der Waals surface area contributed by atoms with Crippen molar-refractivity contribution in [3.63, 3.8) is 0 Å². The van der Waals surface area contributed by atoms with Gasteiger partial charge in [-0.1, -0.05) is 36.4 Å². The minimum atomic E-state index is 0.162. The third-order valence-corrected chi connectivity index (χ3v) is 4.36. The zero-order valence-electron chi connectivity index (χ0n) is 11.2. The first kappa shape index (κ1) is 13.3. The van der Waals surface area contributed by atoms with Crippen molar-refractivity contribution in [3.05, 3.63) is 60.2 Å². The molecule has 1 aliphatic carbocycles. The van der Waals surface area contributed by atoms with E-state index in [9.17, 15) is 4.79 Å². The monoisotopic (exact) mass is 283 g/mol. The molecule has 1 aliphatic rings. The van der Waals surface area contributed by atoms with E-state index in [4.69, 9.17) is 0 Å². The second-order valence-corrected chi connectivity index (χ2v) is 6.11. The van der Waals surface area contributed by atoms with Gasteiger partial charge < -0.3 is 5.32 Å². The fraction of sp³-hybridized carbons (Fsp3) is 0.235. The minimum absolute atomic E-state index is 0.162. The molecule has 0 saturated heterocycles. The molecule has 1 N–H and O–H groups in total. The first-order valence-electron chi connectivity index (χ1n) is 6.89. The van der Waals surface area contributed by atoms with Crippen LogP contribution in [-0.4, -0.2) is 5.91 Å². The lowest BCUT2D eigenvalue weighted by atomic mass is 10.2. The second kappa shape index (κ2) is 6.14. The zero-order chi connectivity index (χ0) is 13.8. The van der Waals surface area contributed by atoms with E-state index in [1.54, 1.807) is 11.8 Å².